The van der Waals surface area contributed by atoms with E-state index < -0.39 is 0 Å². The molecule has 2 aliphatic heterocycles. The summed E-state index contributed by atoms with van der Waals surface area (Å²) in [5.41, 5.74) is 8.14. The molecular formula is C42H37FN6O2. The second-order valence-corrected chi connectivity index (χ2v) is 12.9. The number of hydrogen-bond acceptors (Lipinski definition) is 7. The van der Waals surface area contributed by atoms with E-state index in [1.54, 1.807) is 24.5 Å². The molecule has 8 nitrogen and oxygen atoms in total. The minimum atomic E-state index is -0.292. The molecule has 51 heavy (non-hydrogen) atoms. The zero-order chi connectivity index (χ0) is 34.6. The maximum absolute atomic E-state index is 14.3. The number of nitrogens with one attached hydrogen (secondary N) is 1. The number of fused-ring (bicyclic) bond motifs is 4. The zero-order valence-electron chi connectivity index (χ0n) is 28.1. The number of amides is 1. The number of carbonyl (C=O) groups excluding carboxylic acids is 1. The Morgan fingerprint density at radius 1 is 0.902 bits per heavy atom. The van der Waals surface area contributed by atoms with Gasteiger partial charge in [-0.05, 0) is 106 Å². The SMILES string of the molecule is C1=CN=NC1.O=C(C1CC2=C(C=CCC2)c2ccc3cc(-c4ccc(F)cc4)c(-c4ccnc(Oc5ccccc5)n4)cc3c21)N1CCNCC1. The first-order valence-electron chi connectivity index (χ1n) is 17.5. The fourth-order valence-electron chi connectivity index (χ4n) is 7.32. The van der Waals surface area contributed by atoms with Crippen molar-refractivity contribution in [2.24, 2.45) is 10.2 Å². The highest BCUT2D eigenvalue weighted by Gasteiger charge is 2.35. The lowest BCUT2D eigenvalue weighted by Crippen LogP contribution is -2.48. The summed E-state index contributed by atoms with van der Waals surface area (Å²) in [6.45, 7) is 3.83. The Morgan fingerprint density at radius 3 is 2.51 bits per heavy atom. The van der Waals surface area contributed by atoms with E-state index in [0.717, 1.165) is 77.5 Å². The molecule has 1 fully saturated rings. The molecule has 0 radical (unpaired) electrons. The third-order valence-corrected chi connectivity index (χ3v) is 9.75. The summed E-state index contributed by atoms with van der Waals surface area (Å²) in [6.07, 6.45) is 12.5. The standard InChI is InChI=1S/C39H33FN4O2.C3H4N2/c40-28-13-10-25(11-14-28)32-22-27-12-15-31-30-9-5-4-6-26(30)23-35(38(45)44-20-18-41-19-21-44)37(31)33(27)24-34(32)36-16-17-42-39(43-36)46-29-7-2-1-3-8-29;1-2-4-5-3-1/h1-3,5,7-17,22,24,35,41H,4,6,18-21,23H2;1-2H,3H2. The molecule has 254 valence electrons. The van der Waals surface area contributed by atoms with Crippen molar-refractivity contribution in [1.82, 2.24) is 20.2 Å². The lowest BCUT2D eigenvalue weighted by atomic mass is 9.73. The quantitative estimate of drug-likeness (QED) is 0.201. The second kappa shape index (κ2) is 14.6. The van der Waals surface area contributed by atoms with Crippen LogP contribution >= 0.6 is 0 Å². The number of aromatic nitrogens is 2. The third kappa shape index (κ3) is 6.85. The molecular weight excluding hydrogens is 640 g/mol. The molecule has 4 aromatic carbocycles. The van der Waals surface area contributed by atoms with E-state index in [1.165, 1.54) is 23.3 Å². The van der Waals surface area contributed by atoms with E-state index in [2.05, 4.69) is 56.9 Å². The fraction of sp³-hybridized carbons (Fsp3) is 0.214. The van der Waals surface area contributed by atoms with Gasteiger partial charge in [0.15, 0.2) is 0 Å². The highest BCUT2D eigenvalue weighted by Crippen LogP contribution is 2.48. The Balaban J connectivity index is 0.000000690. The average molecular weight is 677 g/mol. The van der Waals surface area contributed by atoms with Crippen LogP contribution in [0.1, 0.15) is 36.3 Å². The number of piperazine rings is 1. The molecule has 0 saturated carbocycles. The van der Waals surface area contributed by atoms with Crippen LogP contribution in [0.5, 0.6) is 11.8 Å². The van der Waals surface area contributed by atoms with Crippen molar-refractivity contribution in [1.29, 1.82) is 0 Å². The van der Waals surface area contributed by atoms with Crippen LogP contribution in [0.3, 0.4) is 0 Å². The lowest BCUT2D eigenvalue weighted by molar-refractivity contribution is -0.133. The van der Waals surface area contributed by atoms with Crippen LogP contribution in [0, 0.1) is 5.82 Å². The van der Waals surface area contributed by atoms with Crippen LogP contribution in [0.15, 0.2) is 131 Å². The van der Waals surface area contributed by atoms with Crippen molar-refractivity contribution >= 4 is 22.3 Å². The van der Waals surface area contributed by atoms with Gasteiger partial charge in [-0.1, -0.05) is 60.2 Å². The van der Waals surface area contributed by atoms with E-state index in [1.807, 2.05) is 47.4 Å². The zero-order valence-corrected chi connectivity index (χ0v) is 28.1. The molecule has 1 saturated heterocycles. The number of ether oxygens (including phenoxy) is 1. The van der Waals surface area contributed by atoms with Crippen LogP contribution in [-0.4, -0.2) is 53.5 Å². The van der Waals surface area contributed by atoms with Crippen molar-refractivity contribution in [3.05, 3.63) is 138 Å². The summed E-state index contributed by atoms with van der Waals surface area (Å²) in [5, 5.41) is 12.6. The summed E-state index contributed by atoms with van der Waals surface area (Å²) in [4.78, 5) is 25.6. The number of nitrogens with zero attached hydrogens (tertiary/aromatic N) is 5. The molecule has 5 aromatic rings. The molecule has 1 aromatic heterocycles. The van der Waals surface area contributed by atoms with Crippen LogP contribution in [0.25, 0.3) is 38.7 Å². The van der Waals surface area contributed by atoms with E-state index in [4.69, 9.17) is 9.72 Å². The number of carbonyl (C=O) groups is 1. The van der Waals surface area contributed by atoms with Crippen LogP contribution < -0.4 is 10.1 Å². The normalized spacial score (nSPS) is 17.5. The van der Waals surface area contributed by atoms with Gasteiger partial charge in [-0.25, -0.2) is 9.37 Å². The first kappa shape index (κ1) is 32.4. The Kier molecular flexibility index (Phi) is 9.27. The Labute approximate surface area is 296 Å². The molecule has 0 bridgehead atoms. The number of rotatable bonds is 5. The van der Waals surface area contributed by atoms with Crippen LogP contribution in [-0.2, 0) is 4.79 Å². The van der Waals surface area contributed by atoms with Crippen molar-refractivity contribution in [2.45, 2.75) is 25.2 Å². The molecule has 4 aliphatic rings. The highest BCUT2D eigenvalue weighted by molar-refractivity contribution is 6.04. The van der Waals surface area contributed by atoms with Crippen molar-refractivity contribution in [3.8, 4) is 34.1 Å². The molecule has 1 amide bonds. The summed E-state index contributed by atoms with van der Waals surface area (Å²) in [7, 11) is 0. The monoisotopic (exact) mass is 676 g/mol. The van der Waals surface area contributed by atoms with Crippen molar-refractivity contribution < 1.29 is 13.9 Å². The number of halogens is 1. The smallest absolute Gasteiger partial charge is 0.322 e. The van der Waals surface area contributed by atoms with Gasteiger partial charge in [0, 0.05) is 44.1 Å². The average Bonchev–Trinajstić information content (AvgIpc) is 3.79. The van der Waals surface area contributed by atoms with E-state index in [-0.39, 0.29) is 23.7 Å². The fourth-order valence-corrected chi connectivity index (χ4v) is 7.32. The molecule has 1 N–H and O–H groups in total. The van der Waals surface area contributed by atoms with Gasteiger partial charge in [-0.3, -0.25) is 4.79 Å². The minimum Gasteiger partial charge on any atom is -0.424 e. The third-order valence-electron chi connectivity index (χ3n) is 9.75. The van der Waals surface area contributed by atoms with Gasteiger partial charge in [-0.2, -0.15) is 15.2 Å². The number of hydrogen-bond donors (Lipinski definition) is 1. The summed E-state index contributed by atoms with van der Waals surface area (Å²) in [5.74, 6) is 0.277. The Morgan fingerprint density at radius 2 is 1.75 bits per heavy atom. The van der Waals surface area contributed by atoms with Gasteiger partial charge in [0.2, 0.25) is 5.91 Å². The predicted octanol–water partition coefficient (Wildman–Crippen LogP) is 8.88. The van der Waals surface area contributed by atoms with E-state index in [0.29, 0.717) is 24.5 Å². The largest absolute Gasteiger partial charge is 0.424 e. The van der Waals surface area contributed by atoms with E-state index >= 15 is 0 Å². The minimum absolute atomic E-state index is 0.195. The first-order valence-corrected chi connectivity index (χ1v) is 17.5. The highest BCUT2D eigenvalue weighted by atomic mass is 19.1. The summed E-state index contributed by atoms with van der Waals surface area (Å²) < 4.78 is 20.1. The molecule has 1 unspecified atom stereocenters. The van der Waals surface area contributed by atoms with Crippen molar-refractivity contribution in [3.63, 3.8) is 0 Å². The Hall–Kier alpha value is -5.80. The van der Waals surface area contributed by atoms with Gasteiger partial charge in [0.1, 0.15) is 11.6 Å². The number of para-hydroxylation sites is 1. The second-order valence-electron chi connectivity index (χ2n) is 12.9. The summed E-state index contributed by atoms with van der Waals surface area (Å²) in [6, 6.07) is 26.7. The topological polar surface area (TPSA) is 92.1 Å². The number of azo groups is 1. The van der Waals surface area contributed by atoms with E-state index in [9.17, 15) is 9.18 Å². The molecule has 9 rings (SSSR count). The van der Waals surface area contributed by atoms with Crippen molar-refractivity contribution in [2.75, 3.05) is 32.7 Å². The number of allylic oxidation sites excluding steroid dienone is 4. The molecule has 3 heterocycles. The van der Waals surface area contributed by atoms with Gasteiger partial charge in [0.05, 0.1) is 18.2 Å². The molecule has 2 aliphatic carbocycles. The molecule has 9 heteroatoms. The first-order chi connectivity index (χ1) is 25.1. The lowest BCUT2D eigenvalue weighted by Gasteiger charge is -2.36. The van der Waals surface area contributed by atoms with Gasteiger partial charge < -0.3 is 15.0 Å². The van der Waals surface area contributed by atoms with Gasteiger partial charge >= 0.3 is 6.01 Å². The van der Waals surface area contributed by atoms with Crippen LogP contribution in [0.2, 0.25) is 0 Å². The Bertz CT molecular complexity index is 2190. The molecule has 0 spiro atoms. The maximum atomic E-state index is 14.3. The number of benzene rings is 4. The summed E-state index contributed by atoms with van der Waals surface area (Å²) >= 11 is 0. The molecule has 1 atom stereocenters. The predicted molar refractivity (Wildman–Crippen MR) is 198 cm³/mol. The van der Waals surface area contributed by atoms with Crippen LogP contribution in [0.4, 0.5) is 4.39 Å². The maximum Gasteiger partial charge on any atom is 0.322 e. The van der Waals surface area contributed by atoms with Gasteiger partial charge in [0.25, 0.3) is 0 Å². The van der Waals surface area contributed by atoms with Gasteiger partial charge in [-0.15, -0.1) is 0 Å².